The molecule has 4 N–H and O–H groups in total. The summed E-state index contributed by atoms with van der Waals surface area (Å²) in [4.78, 5) is 0.316. The number of anilines is 2. The average molecular weight is 545 g/mol. The Balaban J connectivity index is 1.82. The summed E-state index contributed by atoms with van der Waals surface area (Å²) >= 11 is 10.5. The predicted molar refractivity (Wildman–Crippen MR) is 143 cm³/mol. The zero-order chi connectivity index (χ0) is 25.5. The van der Waals surface area contributed by atoms with E-state index in [1.807, 2.05) is 0 Å². The van der Waals surface area contributed by atoms with E-state index < -0.39 is 20.0 Å². The Bertz CT molecular complexity index is 1150. The van der Waals surface area contributed by atoms with E-state index >= 15 is 0 Å². The largest absolute Gasteiger partial charge is 0.361 e. The van der Waals surface area contributed by atoms with Gasteiger partial charge in [0.2, 0.25) is 20.0 Å². The molecule has 0 heterocycles. The summed E-state index contributed by atoms with van der Waals surface area (Å²) < 4.78 is 51.3. The van der Waals surface area contributed by atoms with Crippen molar-refractivity contribution in [1.29, 1.82) is 0 Å². The zero-order valence-electron chi connectivity index (χ0n) is 19.2. The number of nitrogens with one attached hydrogen (secondary N) is 4. The highest BCUT2D eigenvalue weighted by atomic mass is 32.2. The van der Waals surface area contributed by atoms with Crippen LogP contribution in [0.15, 0.2) is 58.3 Å². The van der Waals surface area contributed by atoms with E-state index in [-0.39, 0.29) is 9.79 Å². The molecular weight excluding hydrogens is 517 g/mol. The Morgan fingerprint density at radius 2 is 1.06 bits per heavy atom. The van der Waals surface area contributed by atoms with Crippen molar-refractivity contribution in [3.8, 4) is 0 Å². The lowest BCUT2D eigenvalue weighted by molar-refractivity contribution is 0.520. The van der Waals surface area contributed by atoms with Gasteiger partial charge in [0, 0.05) is 52.7 Å². The van der Waals surface area contributed by atoms with Crippen molar-refractivity contribution in [1.82, 2.24) is 19.2 Å². The second-order valence-corrected chi connectivity index (χ2v) is 12.5. The first kappa shape index (κ1) is 27.9. The van der Waals surface area contributed by atoms with Crippen LogP contribution in [0.3, 0.4) is 0 Å². The van der Waals surface area contributed by atoms with Gasteiger partial charge in [0.25, 0.3) is 0 Å². The van der Waals surface area contributed by atoms with Gasteiger partial charge in [-0.05, 0) is 60.8 Å². The molecule has 34 heavy (non-hydrogen) atoms. The van der Waals surface area contributed by atoms with Crippen molar-refractivity contribution in [3.63, 3.8) is 0 Å². The molecule has 14 heteroatoms. The fourth-order valence-electron chi connectivity index (χ4n) is 2.59. The number of nitrogens with zero attached hydrogens (tertiary/aromatic N) is 2. The number of hydrogen-bond donors (Lipinski definition) is 4. The maximum atomic E-state index is 12.3. The van der Waals surface area contributed by atoms with E-state index in [1.54, 1.807) is 24.3 Å². The molecule has 0 unspecified atom stereocenters. The van der Waals surface area contributed by atoms with Crippen LogP contribution in [0.4, 0.5) is 11.4 Å². The third-order valence-corrected chi connectivity index (χ3v) is 8.55. The molecule has 2 rings (SSSR count). The fourth-order valence-corrected chi connectivity index (χ4v) is 4.93. The first-order valence-electron chi connectivity index (χ1n) is 9.99. The molecule has 0 bridgehead atoms. The summed E-state index contributed by atoms with van der Waals surface area (Å²) in [7, 11) is -1.21. The van der Waals surface area contributed by atoms with Gasteiger partial charge >= 0.3 is 0 Å². The molecular formula is C20H28N6O4S4. The van der Waals surface area contributed by atoms with Crippen molar-refractivity contribution in [2.24, 2.45) is 0 Å². The van der Waals surface area contributed by atoms with Crippen molar-refractivity contribution in [3.05, 3.63) is 48.5 Å². The average Bonchev–Trinajstić information content (AvgIpc) is 2.77. The standard InChI is InChI=1S/C20H28N6O4S4/c1-25(2)33(27,28)17-9-5-7-15(13-17)23-19(31)21-11-12-22-20(32)24-16-8-6-10-18(14-16)34(29,30)26(3)4/h5-10,13-14H,11-12H2,1-4H3,(H2,21,23,31)(H2,22,24,32). The molecule has 0 saturated carbocycles. The lowest BCUT2D eigenvalue weighted by Crippen LogP contribution is -2.38. The normalized spacial score (nSPS) is 11.8. The smallest absolute Gasteiger partial charge is 0.242 e. The Morgan fingerprint density at radius 1 is 0.706 bits per heavy atom. The Morgan fingerprint density at radius 3 is 1.38 bits per heavy atom. The van der Waals surface area contributed by atoms with Crippen LogP contribution >= 0.6 is 24.4 Å². The van der Waals surface area contributed by atoms with Crippen LogP contribution in [0.5, 0.6) is 0 Å². The topological polar surface area (TPSA) is 123 Å². The van der Waals surface area contributed by atoms with Gasteiger partial charge in [-0.1, -0.05) is 12.1 Å². The quantitative estimate of drug-likeness (QED) is 0.273. The number of rotatable bonds is 9. The van der Waals surface area contributed by atoms with E-state index in [0.29, 0.717) is 34.7 Å². The van der Waals surface area contributed by atoms with Crippen molar-refractivity contribution < 1.29 is 16.8 Å². The van der Waals surface area contributed by atoms with Crippen LogP contribution in [-0.4, -0.2) is 77.0 Å². The summed E-state index contributed by atoms with van der Waals surface area (Å²) in [5.74, 6) is 0. The number of benzene rings is 2. The van der Waals surface area contributed by atoms with Gasteiger partial charge in [-0.15, -0.1) is 0 Å². The Labute approximate surface area is 211 Å². The van der Waals surface area contributed by atoms with Gasteiger partial charge in [0.05, 0.1) is 9.79 Å². The van der Waals surface area contributed by atoms with Crippen LogP contribution < -0.4 is 21.3 Å². The summed E-state index contributed by atoms with van der Waals surface area (Å²) in [5, 5.41) is 12.5. The van der Waals surface area contributed by atoms with Crippen LogP contribution in [0.2, 0.25) is 0 Å². The van der Waals surface area contributed by atoms with E-state index in [2.05, 4.69) is 21.3 Å². The predicted octanol–water partition coefficient (Wildman–Crippen LogP) is 1.46. The highest BCUT2D eigenvalue weighted by Gasteiger charge is 2.18. The minimum absolute atomic E-state index is 0.158. The van der Waals surface area contributed by atoms with Crippen LogP contribution in [0.1, 0.15) is 0 Å². The van der Waals surface area contributed by atoms with Crippen molar-refractivity contribution in [2.45, 2.75) is 9.79 Å². The molecule has 186 valence electrons. The molecule has 0 aliphatic heterocycles. The lowest BCUT2D eigenvalue weighted by atomic mass is 10.3. The van der Waals surface area contributed by atoms with Crippen LogP contribution in [0.25, 0.3) is 0 Å². The maximum absolute atomic E-state index is 12.3. The fraction of sp³-hybridized carbons (Fsp3) is 0.300. The maximum Gasteiger partial charge on any atom is 0.242 e. The minimum Gasteiger partial charge on any atom is -0.361 e. The Kier molecular flexibility index (Phi) is 9.73. The highest BCUT2D eigenvalue weighted by Crippen LogP contribution is 2.19. The van der Waals surface area contributed by atoms with Gasteiger partial charge in [0.15, 0.2) is 10.2 Å². The number of thiocarbonyl (C=S) groups is 2. The SMILES string of the molecule is CN(C)S(=O)(=O)c1cccc(NC(=S)NCCNC(=S)Nc2cccc(S(=O)(=O)N(C)C)c2)c1. The van der Waals surface area contributed by atoms with Crippen LogP contribution in [0, 0.1) is 0 Å². The molecule has 0 aliphatic rings. The summed E-state index contributed by atoms with van der Waals surface area (Å²) in [6.07, 6.45) is 0. The summed E-state index contributed by atoms with van der Waals surface area (Å²) in [6.45, 7) is 0.858. The molecule has 0 amide bonds. The molecule has 0 atom stereocenters. The van der Waals surface area contributed by atoms with Crippen molar-refractivity contribution >= 4 is 66.1 Å². The van der Waals surface area contributed by atoms with Gasteiger partial charge in [-0.25, -0.2) is 25.4 Å². The second-order valence-electron chi connectivity index (χ2n) is 7.39. The third kappa shape index (κ3) is 7.58. The summed E-state index contributed by atoms with van der Waals surface area (Å²) in [5.41, 5.74) is 1.08. The first-order valence-corrected chi connectivity index (χ1v) is 13.7. The lowest BCUT2D eigenvalue weighted by Gasteiger charge is -2.15. The van der Waals surface area contributed by atoms with Crippen molar-refractivity contribution in [2.75, 3.05) is 51.9 Å². The minimum atomic E-state index is -3.54. The molecule has 0 saturated heterocycles. The molecule has 0 radical (unpaired) electrons. The van der Waals surface area contributed by atoms with Gasteiger partial charge in [-0.2, -0.15) is 0 Å². The van der Waals surface area contributed by atoms with Gasteiger partial charge in [0.1, 0.15) is 0 Å². The van der Waals surface area contributed by atoms with E-state index in [0.717, 1.165) is 8.61 Å². The summed E-state index contributed by atoms with van der Waals surface area (Å²) in [6, 6.07) is 12.7. The molecule has 0 fully saturated rings. The molecule has 0 spiro atoms. The monoisotopic (exact) mass is 544 g/mol. The highest BCUT2D eigenvalue weighted by molar-refractivity contribution is 7.89. The Hall–Kier alpha value is -2.36. The van der Waals surface area contributed by atoms with E-state index in [9.17, 15) is 16.8 Å². The first-order chi connectivity index (χ1) is 15.8. The van der Waals surface area contributed by atoms with E-state index in [4.69, 9.17) is 24.4 Å². The van der Waals surface area contributed by atoms with Gasteiger partial charge in [-0.3, -0.25) is 0 Å². The second kappa shape index (κ2) is 11.9. The molecule has 2 aromatic carbocycles. The zero-order valence-corrected chi connectivity index (χ0v) is 22.5. The molecule has 10 nitrogen and oxygen atoms in total. The molecule has 2 aromatic rings. The third-order valence-electron chi connectivity index (χ3n) is 4.44. The number of hydrogen-bond acceptors (Lipinski definition) is 6. The van der Waals surface area contributed by atoms with E-state index in [1.165, 1.54) is 52.5 Å². The molecule has 0 aromatic heterocycles. The number of sulfonamides is 2. The van der Waals surface area contributed by atoms with Gasteiger partial charge < -0.3 is 21.3 Å². The molecule has 0 aliphatic carbocycles. The van der Waals surface area contributed by atoms with Crippen LogP contribution in [-0.2, 0) is 20.0 Å².